The minimum absolute atomic E-state index is 0.175. The summed E-state index contributed by atoms with van der Waals surface area (Å²) in [5.74, 6) is 0. The van der Waals surface area contributed by atoms with Crippen molar-refractivity contribution >= 4 is 10.0 Å². The Hall–Kier alpha value is -1.80. The van der Waals surface area contributed by atoms with E-state index in [9.17, 15) is 8.42 Å². The van der Waals surface area contributed by atoms with Crippen LogP contribution in [0.3, 0.4) is 0 Å². The average molecular weight is 347 g/mol. The van der Waals surface area contributed by atoms with Gasteiger partial charge < -0.3 is 4.74 Å². The van der Waals surface area contributed by atoms with E-state index in [0.29, 0.717) is 0 Å². The summed E-state index contributed by atoms with van der Waals surface area (Å²) in [6, 6.07) is 11.1. The fourth-order valence-electron chi connectivity index (χ4n) is 2.55. The Morgan fingerprint density at radius 1 is 1.08 bits per heavy atom. The molecule has 0 bridgehead atoms. The molecule has 3 rings (SSSR count). The van der Waals surface area contributed by atoms with E-state index in [1.807, 2.05) is 24.3 Å². The van der Waals surface area contributed by atoms with Gasteiger partial charge in [0.1, 0.15) is 4.90 Å². The Labute approximate surface area is 142 Å². The molecule has 1 N–H and O–H groups in total. The van der Waals surface area contributed by atoms with E-state index in [2.05, 4.69) is 14.6 Å². The zero-order valence-electron chi connectivity index (χ0n) is 13.4. The summed E-state index contributed by atoms with van der Waals surface area (Å²) in [5.41, 5.74) is 2.14. The number of hydrogen-bond acceptors (Lipinski definition) is 5. The van der Waals surface area contributed by atoms with Crippen molar-refractivity contribution in [3.8, 4) is 0 Å². The van der Waals surface area contributed by atoms with Gasteiger partial charge in [0.15, 0.2) is 0 Å². The third kappa shape index (κ3) is 4.61. The molecule has 0 amide bonds. The SMILES string of the molecule is O=S(=O)(NCc1ccc(CN2CCOCC2)cc1)c1cccnc1. The van der Waals surface area contributed by atoms with E-state index >= 15 is 0 Å². The van der Waals surface area contributed by atoms with Gasteiger partial charge in [-0.25, -0.2) is 13.1 Å². The number of rotatable bonds is 6. The molecule has 0 aliphatic carbocycles. The number of nitrogens with one attached hydrogen (secondary N) is 1. The summed E-state index contributed by atoms with van der Waals surface area (Å²) >= 11 is 0. The summed E-state index contributed by atoms with van der Waals surface area (Å²) in [6.45, 7) is 4.63. The average Bonchev–Trinajstić information content (AvgIpc) is 2.63. The molecule has 1 fully saturated rings. The number of nitrogens with zero attached hydrogens (tertiary/aromatic N) is 2. The van der Waals surface area contributed by atoms with Crippen LogP contribution in [0.5, 0.6) is 0 Å². The second-order valence-electron chi connectivity index (χ2n) is 5.72. The molecule has 0 atom stereocenters. The molecule has 0 saturated carbocycles. The van der Waals surface area contributed by atoms with Crippen LogP contribution in [0.4, 0.5) is 0 Å². The standard InChI is InChI=1S/C17H21N3O3S/c21-24(22,17-2-1-7-18-13-17)19-12-15-3-5-16(6-4-15)14-20-8-10-23-11-9-20/h1-7,13,19H,8-12,14H2. The number of pyridine rings is 1. The van der Waals surface area contributed by atoms with E-state index in [1.165, 1.54) is 17.8 Å². The molecule has 6 nitrogen and oxygen atoms in total. The van der Waals surface area contributed by atoms with Gasteiger partial charge in [0.2, 0.25) is 10.0 Å². The van der Waals surface area contributed by atoms with E-state index in [4.69, 9.17) is 4.74 Å². The Balaban J connectivity index is 1.56. The lowest BCUT2D eigenvalue weighted by molar-refractivity contribution is 0.0342. The van der Waals surface area contributed by atoms with E-state index in [-0.39, 0.29) is 11.4 Å². The van der Waals surface area contributed by atoms with Crippen LogP contribution >= 0.6 is 0 Å². The van der Waals surface area contributed by atoms with Gasteiger partial charge in [-0.2, -0.15) is 0 Å². The van der Waals surface area contributed by atoms with Crippen LogP contribution in [0.2, 0.25) is 0 Å². The number of benzene rings is 1. The van der Waals surface area contributed by atoms with Crippen LogP contribution in [0.1, 0.15) is 11.1 Å². The zero-order valence-corrected chi connectivity index (χ0v) is 14.2. The predicted molar refractivity (Wildman–Crippen MR) is 90.8 cm³/mol. The van der Waals surface area contributed by atoms with Crippen molar-refractivity contribution in [2.45, 2.75) is 18.0 Å². The number of morpholine rings is 1. The second-order valence-corrected chi connectivity index (χ2v) is 7.49. The smallest absolute Gasteiger partial charge is 0.242 e. The van der Waals surface area contributed by atoms with Gasteiger partial charge in [-0.1, -0.05) is 24.3 Å². The summed E-state index contributed by atoms with van der Waals surface area (Å²) < 4.78 is 32.3. The third-order valence-electron chi connectivity index (χ3n) is 3.94. The highest BCUT2D eigenvalue weighted by Gasteiger charge is 2.14. The van der Waals surface area contributed by atoms with Gasteiger partial charge in [-0.15, -0.1) is 0 Å². The van der Waals surface area contributed by atoms with Crippen LogP contribution < -0.4 is 4.72 Å². The van der Waals surface area contributed by atoms with Crippen molar-refractivity contribution < 1.29 is 13.2 Å². The Morgan fingerprint density at radius 2 is 1.79 bits per heavy atom. The maximum atomic E-state index is 12.2. The molecule has 0 spiro atoms. The van der Waals surface area contributed by atoms with Crippen LogP contribution in [-0.2, 0) is 27.8 Å². The van der Waals surface area contributed by atoms with Crippen molar-refractivity contribution in [1.82, 2.24) is 14.6 Å². The van der Waals surface area contributed by atoms with Gasteiger partial charge in [-0.3, -0.25) is 9.88 Å². The lowest BCUT2D eigenvalue weighted by atomic mass is 10.1. The summed E-state index contributed by atoms with van der Waals surface area (Å²) in [6.07, 6.45) is 2.89. The fourth-order valence-corrected chi connectivity index (χ4v) is 3.53. The zero-order chi connectivity index (χ0) is 16.8. The first kappa shape index (κ1) is 17.0. The highest BCUT2D eigenvalue weighted by molar-refractivity contribution is 7.89. The summed E-state index contributed by atoms with van der Waals surface area (Å²) in [5, 5.41) is 0. The van der Waals surface area contributed by atoms with Crippen molar-refractivity contribution in [1.29, 1.82) is 0 Å². The quantitative estimate of drug-likeness (QED) is 0.855. The highest BCUT2D eigenvalue weighted by Crippen LogP contribution is 2.11. The third-order valence-corrected chi connectivity index (χ3v) is 5.33. The number of ether oxygens (including phenoxy) is 1. The molecule has 1 aliphatic rings. The maximum absolute atomic E-state index is 12.2. The number of sulfonamides is 1. The summed E-state index contributed by atoms with van der Waals surface area (Å²) in [7, 11) is -3.53. The van der Waals surface area contributed by atoms with Crippen molar-refractivity contribution in [2.75, 3.05) is 26.3 Å². The van der Waals surface area contributed by atoms with Gasteiger partial charge in [-0.05, 0) is 23.3 Å². The molecule has 1 aromatic heterocycles. The molecule has 128 valence electrons. The minimum Gasteiger partial charge on any atom is -0.379 e. The van der Waals surface area contributed by atoms with Gasteiger partial charge in [0.25, 0.3) is 0 Å². The lowest BCUT2D eigenvalue weighted by Crippen LogP contribution is -2.35. The van der Waals surface area contributed by atoms with Crippen LogP contribution in [0, 0.1) is 0 Å². The number of hydrogen-bond donors (Lipinski definition) is 1. The Morgan fingerprint density at radius 3 is 2.46 bits per heavy atom. The topological polar surface area (TPSA) is 71.5 Å². The van der Waals surface area contributed by atoms with Gasteiger partial charge >= 0.3 is 0 Å². The maximum Gasteiger partial charge on any atom is 0.242 e. The lowest BCUT2D eigenvalue weighted by Gasteiger charge is -2.26. The highest BCUT2D eigenvalue weighted by atomic mass is 32.2. The van der Waals surface area contributed by atoms with Crippen LogP contribution in [0.15, 0.2) is 53.7 Å². The van der Waals surface area contributed by atoms with E-state index < -0.39 is 10.0 Å². The molecule has 1 aromatic carbocycles. The molecule has 2 aromatic rings. The van der Waals surface area contributed by atoms with Crippen LogP contribution in [-0.4, -0.2) is 44.6 Å². The monoisotopic (exact) mass is 347 g/mol. The fraction of sp³-hybridized carbons (Fsp3) is 0.353. The minimum atomic E-state index is -3.53. The van der Waals surface area contributed by atoms with E-state index in [1.54, 1.807) is 12.3 Å². The first-order valence-electron chi connectivity index (χ1n) is 7.91. The van der Waals surface area contributed by atoms with Crippen molar-refractivity contribution in [3.05, 3.63) is 59.9 Å². The predicted octanol–water partition coefficient (Wildman–Crippen LogP) is 1.39. The van der Waals surface area contributed by atoms with Crippen molar-refractivity contribution in [3.63, 3.8) is 0 Å². The molecular weight excluding hydrogens is 326 g/mol. The van der Waals surface area contributed by atoms with Crippen molar-refractivity contribution in [2.24, 2.45) is 0 Å². The molecule has 7 heteroatoms. The molecule has 2 heterocycles. The first-order chi connectivity index (χ1) is 11.6. The largest absolute Gasteiger partial charge is 0.379 e. The molecular formula is C17H21N3O3S. The summed E-state index contributed by atoms with van der Waals surface area (Å²) in [4.78, 5) is 6.37. The molecule has 24 heavy (non-hydrogen) atoms. The van der Waals surface area contributed by atoms with Gasteiger partial charge in [0, 0.05) is 38.6 Å². The number of aromatic nitrogens is 1. The molecule has 0 unspecified atom stereocenters. The van der Waals surface area contributed by atoms with Crippen LogP contribution in [0.25, 0.3) is 0 Å². The molecule has 0 radical (unpaired) electrons. The first-order valence-corrected chi connectivity index (χ1v) is 9.39. The Bertz CT molecular complexity index is 742. The van der Waals surface area contributed by atoms with Gasteiger partial charge in [0.05, 0.1) is 13.2 Å². The van der Waals surface area contributed by atoms with E-state index in [0.717, 1.165) is 38.4 Å². The molecule has 1 saturated heterocycles. The molecule has 1 aliphatic heterocycles. The normalized spacial score (nSPS) is 16.2. The second kappa shape index (κ2) is 7.85. The Kier molecular flexibility index (Phi) is 5.57.